The van der Waals surface area contributed by atoms with Crippen molar-refractivity contribution in [1.82, 2.24) is 0 Å². The van der Waals surface area contributed by atoms with Crippen LogP contribution in [0.5, 0.6) is 5.75 Å². The molecule has 0 aliphatic rings. The molecule has 0 saturated carbocycles. The third-order valence-corrected chi connectivity index (χ3v) is 3.37. The van der Waals surface area contributed by atoms with E-state index in [0.29, 0.717) is 10.2 Å². The second-order valence-corrected chi connectivity index (χ2v) is 5.56. The van der Waals surface area contributed by atoms with Gasteiger partial charge in [-0.25, -0.2) is 4.79 Å². The number of carbonyl (C=O) groups excluding carboxylic acids is 1. The fourth-order valence-electron chi connectivity index (χ4n) is 1.78. The molecular formula is C16H14BrNO4. The minimum absolute atomic E-state index is 0.0203. The molecule has 0 spiro atoms. The van der Waals surface area contributed by atoms with E-state index in [1.807, 2.05) is 19.1 Å². The molecule has 0 aromatic heterocycles. The van der Waals surface area contributed by atoms with Gasteiger partial charge in [-0.1, -0.05) is 33.6 Å². The summed E-state index contributed by atoms with van der Waals surface area (Å²) in [6.07, 6.45) is 0. The second-order valence-electron chi connectivity index (χ2n) is 4.64. The lowest BCUT2D eigenvalue weighted by Crippen LogP contribution is -2.21. The van der Waals surface area contributed by atoms with Crippen LogP contribution < -0.4 is 10.1 Å². The van der Waals surface area contributed by atoms with Gasteiger partial charge in [0, 0.05) is 4.47 Å². The van der Waals surface area contributed by atoms with E-state index < -0.39 is 11.9 Å². The summed E-state index contributed by atoms with van der Waals surface area (Å²) in [5.74, 6) is -0.961. The molecule has 0 saturated heterocycles. The van der Waals surface area contributed by atoms with Crippen LogP contribution in [0.4, 0.5) is 5.69 Å². The van der Waals surface area contributed by atoms with Crippen molar-refractivity contribution in [3.05, 3.63) is 58.1 Å². The van der Waals surface area contributed by atoms with Gasteiger partial charge in [0.25, 0.3) is 5.91 Å². The predicted molar refractivity (Wildman–Crippen MR) is 86.4 cm³/mol. The van der Waals surface area contributed by atoms with E-state index in [0.717, 1.165) is 5.56 Å². The van der Waals surface area contributed by atoms with E-state index in [1.165, 1.54) is 12.1 Å². The topological polar surface area (TPSA) is 75.6 Å². The highest BCUT2D eigenvalue weighted by Crippen LogP contribution is 2.21. The zero-order valence-corrected chi connectivity index (χ0v) is 13.4. The van der Waals surface area contributed by atoms with E-state index in [-0.39, 0.29) is 17.9 Å². The molecule has 0 bridgehead atoms. The number of benzene rings is 2. The van der Waals surface area contributed by atoms with Gasteiger partial charge in [-0.15, -0.1) is 0 Å². The normalized spacial score (nSPS) is 10.1. The smallest absolute Gasteiger partial charge is 0.337 e. The maximum atomic E-state index is 11.9. The molecule has 2 aromatic carbocycles. The lowest BCUT2D eigenvalue weighted by atomic mass is 10.2. The Labute approximate surface area is 136 Å². The molecule has 2 rings (SSSR count). The first-order valence-electron chi connectivity index (χ1n) is 6.48. The Kier molecular flexibility index (Phi) is 5.16. The largest absolute Gasteiger partial charge is 0.484 e. The van der Waals surface area contributed by atoms with Gasteiger partial charge in [0.1, 0.15) is 5.75 Å². The van der Waals surface area contributed by atoms with Crippen LogP contribution in [-0.4, -0.2) is 23.6 Å². The molecule has 1 amide bonds. The van der Waals surface area contributed by atoms with Crippen LogP contribution >= 0.6 is 15.9 Å². The monoisotopic (exact) mass is 363 g/mol. The highest BCUT2D eigenvalue weighted by Gasteiger charge is 2.13. The van der Waals surface area contributed by atoms with Crippen LogP contribution in [0.3, 0.4) is 0 Å². The van der Waals surface area contributed by atoms with Crippen molar-refractivity contribution in [3.63, 3.8) is 0 Å². The van der Waals surface area contributed by atoms with E-state index in [2.05, 4.69) is 21.2 Å². The van der Waals surface area contributed by atoms with Crippen molar-refractivity contribution < 1.29 is 19.4 Å². The molecule has 0 unspecified atom stereocenters. The fourth-order valence-corrected chi connectivity index (χ4v) is 2.14. The number of anilines is 1. The molecule has 22 heavy (non-hydrogen) atoms. The predicted octanol–water partition coefficient (Wildman–Crippen LogP) is 3.47. The lowest BCUT2D eigenvalue weighted by molar-refractivity contribution is -0.118. The zero-order chi connectivity index (χ0) is 16.1. The first-order chi connectivity index (χ1) is 10.5. The number of aryl methyl sites for hydroxylation is 1. The summed E-state index contributed by atoms with van der Waals surface area (Å²) in [6, 6.07) is 11.8. The van der Waals surface area contributed by atoms with Gasteiger partial charge < -0.3 is 15.2 Å². The van der Waals surface area contributed by atoms with Gasteiger partial charge in [0.05, 0.1) is 11.3 Å². The SMILES string of the molecule is Cc1ccc(OCC(=O)Nc2cc(Br)ccc2C(=O)O)cc1. The van der Waals surface area contributed by atoms with Gasteiger partial charge >= 0.3 is 5.97 Å². The number of carboxylic acids is 1. The van der Waals surface area contributed by atoms with Gasteiger partial charge in [-0.05, 0) is 37.3 Å². The summed E-state index contributed by atoms with van der Waals surface area (Å²) in [5, 5.41) is 11.6. The van der Waals surface area contributed by atoms with Crippen molar-refractivity contribution in [2.24, 2.45) is 0 Å². The Balaban J connectivity index is 2.01. The van der Waals surface area contributed by atoms with Crippen molar-refractivity contribution in [2.75, 3.05) is 11.9 Å². The zero-order valence-electron chi connectivity index (χ0n) is 11.8. The maximum absolute atomic E-state index is 11.9. The molecule has 0 atom stereocenters. The van der Waals surface area contributed by atoms with Crippen LogP contribution in [-0.2, 0) is 4.79 Å². The van der Waals surface area contributed by atoms with E-state index in [1.54, 1.807) is 18.2 Å². The first kappa shape index (κ1) is 16.0. The van der Waals surface area contributed by atoms with E-state index in [9.17, 15) is 9.59 Å². The summed E-state index contributed by atoms with van der Waals surface area (Å²) < 4.78 is 6.03. The van der Waals surface area contributed by atoms with Gasteiger partial charge in [-0.2, -0.15) is 0 Å². The highest BCUT2D eigenvalue weighted by molar-refractivity contribution is 9.10. The Morgan fingerprint density at radius 2 is 1.86 bits per heavy atom. The highest BCUT2D eigenvalue weighted by atomic mass is 79.9. The maximum Gasteiger partial charge on any atom is 0.337 e. The molecular weight excluding hydrogens is 350 g/mol. The molecule has 0 radical (unpaired) electrons. The average molecular weight is 364 g/mol. The number of aromatic carboxylic acids is 1. The van der Waals surface area contributed by atoms with Crippen LogP contribution in [0.25, 0.3) is 0 Å². The second kappa shape index (κ2) is 7.09. The van der Waals surface area contributed by atoms with Crippen molar-refractivity contribution in [3.8, 4) is 5.75 Å². The van der Waals surface area contributed by atoms with Gasteiger partial charge in [0.15, 0.2) is 6.61 Å². The Bertz CT molecular complexity index is 698. The van der Waals surface area contributed by atoms with Crippen LogP contribution in [0.15, 0.2) is 46.9 Å². The summed E-state index contributed by atoms with van der Waals surface area (Å²) in [7, 11) is 0. The number of hydrogen-bond acceptors (Lipinski definition) is 3. The minimum Gasteiger partial charge on any atom is -0.484 e. The molecule has 0 fully saturated rings. The van der Waals surface area contributed by atoms with E-state index in [4.69, 9.17) is 9.84 Å². The third-order valence-electron chi connectivity index (χ3n) is 2.88. The minimum atomic E-state index is -1.11. The molecule has 0 heterocycles. The van der Waals surface area contributed by atoms with Gasteiger partial charge in [0.2, 0.25) is 0 Å². The molecule has 2 N–H and O–H groups in total. The number of rotatable bonds is 5. The number of halogens is 1. The Hall–Kier alpha value is -2.34. The van der Waals surface area contributed by atoms with Crippen molar-refractivity contribution in [2.45, 2.75) is 6.92 Å². The van der Waals surface area contributed by atoms with Crippen LogP contribution in [0.2, 0.25) is 0 Å². The Morgan fingerprint density at radius 1 is 1.18 bits per heavy atom. The molecule has 0 aliphatic carbocycles. The van der Waals surface area contributed by atoms with Gasteiger partial charge in [-0.3, -0.25) is 4.79 Å². The van der Waals surface area contributed by atoms with Crippen molar-refractivity contribution >= 4 is 33.5 Å². The number of nitrogens with one attached hydrogen (secondary N) is 1. The summed E-state index contributed by atoms with van der Waals surface area (Å²) in [5.41, 5.74) is 1.34. The molecule has 6 heteroatoms. The molecule has 2 aromatic rings. The first-order valence-corrected chi connectivity index (χ1v) is 7.27. The Morgan fingerprint density at radius 3 is 2.50 bits per heavy atom. The molecule has 5 nitrogen and oxygen atoms in total. The van der Waals surface area contributed by atoms with E-state index >= 15 is 0 Å². The standard InChI is InChI=1S/C16H14BrNO4/c1-10-2-5-12(6-3-10)22-9-15(19)18-14-8-11(17)4-7-13(14)16(20)21/h2-8H,9H2,1H3,(H,18,19)(H,20,21). The van der Waals surface area contributed by atoms with Crippen LogP contribution in [0.1, 0.15) is 15.9 Å². The summed E-state index contributed by atoms with van der Waals surface area (Å²) in [6.45, 7) is 1.76. The summed E-state index contributed by atoms with van der Waals surface area (Å²) >= 11 is 3.24. The van der Waals surface area contributed by atoms with Crippen molar-refractivity contribution in [1.29, 1.82) is 0 Å². The molecule has 0 aliphatic heterocycles. The number of amides is 1. The fraction of sp³-hybridized carbons (Fsp3) is 0.125. The third kappa shape index (κ3) is 4.33. The number of ether oxygens (including phenoxy) is 1. The average Bonchev–Trinajstić information content (AvgIpc) is 2.46. The van der Waals surface area contributed by atoms with Crippen LogP contribution in [0, 0.1) is 6.92 Å². The number of carbonyl (C=O) groups is 2. The molecule has 114 valence electrons. The quantitative estimate of drug-likeness (QED) is 0.852. The lowest BCUT2D eigenvalue weighted by Gasteiger charge is -2.10. The summed E-state index contributed by atoms with van der Waals surface area (Å²) in [4.78, 5) is 23.0. The number of hydrogen-bond donors (Lipinski definition) is 2. The number of carboxylic acid groups (broad SMARTS) is 1.